The summed E-state index contributed by atoms with van der Waals surface area (Å²) in [6, 6.07) is 4.78. The Morgan fingerprint density at radius 3 is 2.70 bits per heavy atom. The molecule has 0 aromatic heterocycles. The fourth-order valence-electron chi connectivity index (χ4n) is 2.49. The summed E-state index contributed by atoms with van der Waals surface area (Å²) in [6.45, 7) is 2.80. The zero-order valence-electron chi connectivity index (χ0n) is 11.4. The standard InChI is InChI=1S/C14H17ClN2O3/c1-8-6-17(7-11(8)14(19)20-2)13(18)10-4-3-9(15)5-12(10)16/h3-5,8,11H,6-7,16H2,1-2H3. The maximum absolute atomic E-state index is 12.4. The van der Waals surface area contributed by atoms with Gasteiger partial charge in [-0.25, -0.2) is 0 Å². The fourth-order valence-corrected chi connectivity index (χ4v) is 2.67. The van der Waals surface area contributed by atoms with Gasteiger partial charge in [-0.05, 0) is 24.1 Å². The first-order chi connectivity index (χ1) is 9.43. The van der Waals surface area contributed by atoms with Crippen LogP contribution in [0.2, 0.25) is 5.02 Å². The molecule has 2 atom stereocenters. The molecule has 0 bridgehead atoms. The number of hydrogen-bond donors (Lipinski definition) is 1. The number of nitrogen functional groups attached to an aromatic ring is 1. The maximum Gasteiger partial charge on any atom is 0.310 e. The average Bonchev–Trinajstić information content (AvgIpc) is 2.79. The van der Waals surface area contributed by atoms with Crippen LogP contribution >= 0.6 is 11.6 Å². The number of likely N-dealkylation sites (tertiary alicyclic amines) is 1. The van der Waals surface area contributed by atoms with E-state index in [0.29, 0.717) is 29.4 Å². The molecule has 1 fully saturated rings. The highest BCUT2D eigenvalue weighted by molar-refractivity contribution is 6.31. The first kappa shape index (κ1) is 14.7. The maximum atomic E-state index is 12.4. The molecule has 2 N–H and O–H groups in total. The highest BCUT2D eigenvalue weighted by atomic mass is 35.5. The van der Waals surface area contributed by atoms with Crippen LogP contribution in [-0.2, 0) is 9.53 Å². The Kier molecular flexibility index (Phi) is 4.18. The van der Waals surface area contributed by atoms with Gasteiger partial charge in [-0.2, -0.15) is 0 Å². The smallest absolute Gasteiger partial charge is 0.310 e. The van der Waals surface area contributed by atoms with Crippen LogP contribution in [-0.4, -0.2) is 37.0 Å². The van der Waals surface area contributed by atoms with E-state index in [2.05, 4.69) is 0 Å². The van der Waals surface area contributed by atoms with Crippen LogP contribution in [0.1, 0.15) is 17.3 Å². The summed E-state index contributed by atoms with van der Waals surface area (Å²) in [5.74, 6) is -0.674. The number of halogens is 1. The second-order valence-corrected chi connectivity index (χ2v) is 5.49. The van der Waals surface area contributed by atoms with Crippen LogP contribution in [0, 0.1) is 11.8 Å². The molecular formula is C14H17ClN2O3. The van der Waals surface area contributed by atoms with Crippen LogP contribution in [0.25, 0.3) is 0 Å². The van der Waals surface area contributed by atoms with E-state index >= 15 is 0 Å². The third-order valence-electron chi connectivity index (χ3n) is 3.65. The van der Waals surface area contributed by atoms with Crippen molar-refractivity contribution in [2.75, 3.05) is 25.9 Å². The van der Waals surface area contributed by atoms with E-state index in [9.17, 15) is 9.59 Å². The van der Waals surface area contributed by atoms with Crippen molar-refractivity contribution in [2.24, 2.45) is 11.8 Å². The number of carbonyl (C=O) groups is 2. The minimum absolute atomic E-state index is 0.0694. The Morgan fingerprint density at radius 1 is 1.40 bits per heavy atom. The summed E-state index contributed by atoms with van der Waals surface area (Å²) < 4.78 is 4.76. The van der Waals surface area contributed by atoms with Gasteiger partial charge in [0, 0.05) is 23.8 Å². The van der Waals surface area contributed by atoms with Crippen molar-refractivity contribution in [1.29, 1.82) is 0 Å². The quantitative estimate of drug-likeness (QED) is 0.667. The summed E-state index contributed by atoms with van der Waals surface area (Å²) in [5.41, 5.74) is 6.58. The van der Waals surface area contributed by atoms with Crippen LogP contribution in [0.5, 0.6) is 0 Å². The highest BCUT2D eigenvalue weighted by Gasteiger charge is 2.38. The van der Waals surface area contributed by atoms with E-state index in [1.165, 1.54) is 7.11 Å². The van der Waals surface area contributed by atoms with Crippen LogP contribution in [0.3, 0.4) is 0 Å². The number of benzene rings is 1. The predicted molar refractivity (Wildman–Crippen MR) is 76.4 cm³/mol. The average molecular weight is 297 g/mol. The molecule has 20 heavy (non-hydrogen) atoms. The lowest BCUT2D eigenvalue weighted by Gasteiger charge is -2.17. The lowest BCUT2D eigenvalue weighted by molar-refractivity contribution is -0.146. The molecule has 0 saturated carbocycles. The van der Waals surface area contributed by atoms with E-state index in [4.69, 9.17) is 22.1 Å². The zero-order valence-corrected chi connectivity index (χ0v) is 12.2. The summed E-state index contributed by atoms with van der Waals surface area (Å²) in [7, 11) is 1.36. The number of esters is 1. The molecule has 1 aliphatic rings. The number of rotatable bonds is 2. The van der Waals surface area contributed by atoms with Gasteiger partial charge in [-0.3, -0.25) is 9.59 Å². The zero-order chi connectivity index (χ0) is 14.9. The second kappa shape index (κ2) is 5.71. The molecule has 1 saturated heterocycles. The van der Waals surface area contributed by atoms with E-state index in [1.54, 1.807) is 23.1 Å². The largest absolute Gasteiger partial charge is 0.469 e. The first-order valence-corrected chi connectivity index (χ1v) is 6.74. The fraction of sp³-hybridized carbons (Fsp3) is 0.429. The molecular weight excluding hydrogens is 280 g/mol. The molecule has 0 spiro atoms. The van der Waals surface area contributed by atoms with Crippen molar-refractivity contribution in [3.63, 3.8) is 0 Å². The molecule has 1 aromatic rings. The van der Waals surface area contributed by atoms with E-state index < -0.39 is 0 Å². The molecule has 0 aliphatic carbocycles. The number of hydrogen-bond acceptors (Lipinski definition) is 4. The number of ether oxygens (including phenoxy) is 1. The molecule has 1 heterocycles. The summed E-state index contributed by atoms with van der Waals surface area (Å²) >= 11 is 5.82. The Hall–Kier alpha value is -1.75. The number of nitrogens with zero attached hydrogens (tertiary/aromatic N) is 1. The minimum Gasteiger partial charge on any atom is -0.469 e. The van der Waals surface area contributed by atoms with Crippen LogP contribution in [0.4, 0.5) is 5.69 Å². The lowest BCUT2D eigenvalue weighted by Crippen LogP contribution is -2.30. The summed E-state index contributed by atoms with van der Waals surface area (Å²) in [5, 5.41) is 0.487. The van der Waals surface area contributed by atoms with Crippen molar-refractivity contribution in [1.82, 2.24) is 4.90 Å². The molecule has 1 amide bonds. The van der Waals surface area contributed by atoms with Gasteiger partial charge < -0.3 is 15.4 Å². The Bertz CT molecular complexity index is 547. The van der Waals surface area contributed by atoms with Gasteiger partial charge in [-0.1, -0.05) is 18.5 Å². The number of anilines is 1. The van der Waals surface area contributed by atoms with Gasteiger partial charge >= 0.3 is 5.97 Å². The molecule has 1 aliphatic heterocycles. The van der Waals surface area contributed by atoms with Gasteiger partial charge in [-0.15, -0.1) is 0 Å². The first-order valence-electron chi connectivity index (χ1n) is 6.36. The number of methoxy groups -OCH3 is 1. The van der Waals surface area contributed by atoms with Crippen LogP contribution < -0.4 is 5.73 Å². The normalized spacial score (nSPS) is 21.9. The molecule has 1 aromatic carbocycles. The van der Waals surface area contributed by atoms with Gasteiger partial charge in [0.25, 0.3) is 5.91 Å². The Labute approximate surface area is 122 Å². The number of amides is 1. The Morgan fingerprint density at radius 2 is 2.10 bits per heavy atom. The molecule has 0 radical (unpaired) electrons. The highest BCUT2D eigenvalue weighted by Crippen LogP contribution is 2.27. The number of nitrogens with two attached hydrogens (primary N) is 1. The molecule has 108 valence electrons. The SMILES string of the molecule is COC(=O)C1CN(C(=O)c2ccc(Cl)cc2N)CC1C. The molecule has 2 unspecified atom stereocenters. The lowest BCUT2D eigenvalue weighted by atomic mass is 9.99. The van der Waals surface area contributed by atoms with Crippen molar-refractivity contribution in [2.45, 2.75) is 6.92 Å². The summed E-state index contributed by atoms with van der Waals surface area (Å²) in [4.78, 5) is 25.7. The van der Waals surface area contributed by atoms with E-state index in [-0.39, 0.29) is 23.7 Å². The van der Waals surface area contributed by atoms with Gasteiger partial charge in [0.15, 0.2) is 0 Å². The third kappa shape index (κ3) is 2.72. The third-order valence-corrected chi connectivity index (χ3v) is 3.88. The molecule has 6 heteroatoms. The minimum atomic E-state index is -0.281. The topological polar surface area (TPSA) is 72.6 Å². The second-order valence-electron chi connectivity index (χ2n) is 5.05. The van der Waals surface area contributed by atoms with Gasteiger partial charge in [0.1, 0.15) is 0 Å². The number of carbonyl (C=O) groups excluding carboxylic acids is 2. The van der Waals surface area contributed by atoms with Gasteiger partial charge in [0.05, 0.1) is 18.6 Å². The molecule has 5 nitrogen and oxygen atoms in total. The van der Waals surface area contributed by atoms with Gasteiger partial charge in [0.2, 0.25) is 0 Å². The van der Waals surface area contributed by atoms with Crippen molar-refractivity contribution in [3.8, 4) is 0 Å². The molecule has 2 rings (SSSR count). The van der Waals surface area contributed by atoms with E-state index in [1.807, 2.05) is 6.92 Å². The van der Waals surface area contributed by atoms with Crippen molar-refractivity contribution < 1.29 is 14.3 Å². The predicted octanol–water partition coefficient (Wildman–Crippen LogP) is 1.80. The monoisotopic (exact) mass is 296 g/mol. The van der Waals surface area contributed by atoms with Crippen molar-refractivity contribution >= 4 is 29.2 Å². The summed E-state index contributed by atoms with van der Waals surface area (Å²) in [6.07, 6.45) is 0. The van der Waals surface area contributed by atoms with Crippen molar-refractivity contribution in [3.05, 3.63) is 28.8 Å². The van der Waals surface area contributed by atoms with E-state index in [0.717, 1.165) is 0 Å². The Balaban J connectivity index is 2.17. The van der Waals surface area contributed by atoms with Crippen LogP contribution in [0.15, 0.2) is 18.2 Å².